The van der Waals surface area contributed by atoms with E-state index in [9.17, 15) is 4.79 Å². The molecule has 0 aromatic rings. The number of carboxylic acid groups (broad SMARTS) is 1. The lowest BCUT2D eigenvalue weighted by Crippen LogP contribution is -2.29. The zero-order valence-electron chi connectivity index (χ0n) is 6.19. The maximum absolute atomic E-state index is 10.1. The van der Waals surface area contributed by atoms with Crippen molar-refractivity contribution < 1.29 is 15.0 Å². The third kappa shape index (κ3) is 7.58. The number of aliphatic hydroxyl groups excluding tert-OH is 1. The van der Waals surface area contributed by atoms with Crippen LogP contribution >= 0.6 is 12.4 Å². The largest absolute Gasteiger partial charge is 0.480 e. The van der Waals surface area contributed by atoms with Gasteiger partial charge in [-0.2, -0.15) is 0 Å². The number of hydrogen-bond acceptors (Lipinski definition) is 3. The number of aliphatic hydroxyl groups is 1. The van der Waals surface area contributed by atoms with Gasteiger partial charge in [-0.1, -0.05) is 0 Å². The maximum atomic E-state index is 10.1. The van der Waals surface area contributed by atoms with Gasteiger partial charge in [0, 0.05) is 6.61 Å². The lowest BCUT2D eigenvalue weighted by Gasteiger charge is -2.03. The molecule has 4 nitrogen and oxygen atoms in total. The number of carbonyl (C=O) groups is 1. The fourth-order valence-electron chi connectivity index (χ4n) is 0.600. The van der Waals surface area contributed by atoms with Gasteiger partial charge in [-0.15, -0.1) is 12.4 Å². The monoisotopic (exact) mass is 183 g/mol. The lowest BCUT2D eigenvalue weighted by atomic mass is 10.1. The second-order valence-corrected chi connectivity index (χ2v) is 2.16. The zero-order chi connectivity index (χ0) is 7.98. The molecule has 0 amide bonds. The number of nitrogens with two attached hydrogens (primary N) is 1. The molecule has 0 fully saturated rings. The van der Waals surface area contributed by atoms with E-state index in [4.69, 9.17) is 15.9 Å². The highest BCUT2D eigenvalue weighted by atomic mass is 35.5. The van der Waals surface area contributed by atoms with Crippen LogP contribution in [0, 0.1) is 0 Å². The normalized spacial score (nSPS) is 11.8. The molecule has 0 rings (SSSR count). The smallest absolute Gasteiger partial charge is 0.320 e. The van der Waals surface area contributed by atoms with Gasteiger partial charge in [0.25, 0.3) is 0 Å². The molecule has 0 saturated carbocycles. The van der Waals surface area contributed by atoms with Gasteiger partial charge in [0.2, 0.25) is 0 Å². The van der Waals surface area contributed by atoms with Gasteiger partial charge in [0.05, 0.1) is 0 Å². The quantitative estimate of drug-likeness (QED) is 0.524. The number of halogens is 1. The Bertz CT molecular complexity index is 110. The molecular weight excluding hydrogens is 170 g/mol. The van der Waals surface area contributed by atoms with Gasteiger partial charge in [0.15, 0.2) is 0 Å². The molecule has 11 heavy (non-hydrogen) atoms. The number of hydrogen-bond donors (Lipinski definition) is 3. The summed E-state index contributed by atoms with van der Waals surface area (Å²) in [6.07, 6.45) is 1.74. The van der Waals surface area contributed by atoms with Crippen molar-refractivity contribution in [2.45, 2.75) is 25.3 Å². The number of unbranched alkanes of at least 4 members (excludes halogenated alkanes) is 1. The summed E-state index contributed by atoms with van der Waals surface area (Å²) < 4.78 is 0. The number of rotatable bonds is 5. The lowest BCUT2D eigenvalue weighted by molar-refractivity contribution is -0.138. The Hall–Kier alpha value is -0.320. The van der Waals surface area contributed by atoms with Crippen LogP contribution in [-0.4, -0.2) is 28.8 Å². The topological polar surface area (TPSA) is 83.5 Å². The molecular formula is C6H14ClNO3. The Morgan fingerprint density at radius 3 is 2.36 bits per heavy atom. The highest BCUT2D eigenvalue weighted by Crippen LogP contribution is 1.97. The van der Waals surface area contributed by atoms with Crippen molar-refractivity contribution in [3.63, 3.8) is 0 Å². The van der Waals surface area contributed by atoms with Gasteiger partial charge >= 0.3 is 5.97 Å². The van der Waals surface area contributed by atoms with E-state index < -0.39 is 12.0 Å². The number of aliphatic carboxylic acids is 1. The van der Waals surface area contributed by atoms with Crippen LogP contribution in [-0.2, 0) is 4.79 Å². The van der Waals surface area contributed by atoms with Crippen LogP contribution in [0.25, 0.3) is 0 Å². The molecule has 4 N–H and O–H groups in total. The van der Waals surface area contributed by atoms with Crippen LogP contribution in [0.5, 0.6) is 0 Å². The average Bonchev–Trinajstić information content (AvgIpc) is 1.88. The highest BCUT2D eigenvalue weighted by Gasteiger charge is 2.09. The van der Waals surface area contributed by atoms with Crippen LogP contribution in [0.15, 0.2) is 0 Å². The molecule has 1 atom stereocenters. The molecule has 0 radical (unpaired) electrons. The molecule has 0 aliphatic heterocycles. The predicted octanol–water partition coefficient (Wildman–Crippen LogP) is -0.0173. The zero-order valence-corrected chi connectivity index (χ0v) is 7.01. The minimum atomic E-state index is -0.974. The molecule has 0 aliphatic carbocycles. The molecule has 0 heterocycles. The third-order valence-electron chi connectivity index (χ3n) is 1.24. The summed E-state index contributed by atoms with van der Waals surface area (Å²) in [4.78, 5) is 10.1. The summed E-state index contributed by atoms with van der Waals surface area (Å²) in [5, 5.41) is 16.6. The Morgan fingerprint density at radius 2 is 2.00 bits per heavy atom. The van der Waals surface area contributed by atoms with Crippen LogP contribution in [0.2, 0.25) is 0 Å². The second-order valence-electron chi connectivity index (χ2n) is 2.16. The summed E-state index contributed by atoms with van der Waals surface area (Å²) >= 11 is 0. The molecule has 0 aromatic heterocycles. The fourth-order valence-corrected chi connectivity index (χ4v) is 0.600. The molecule has 5 heteroatoms. The van der Waals surface area contributed by atoms with Crippen LogP contribution in [0.4, 0.5) is 0 Å². The van der Waals surface area contributed by atoms with Crippen LogP contribution in [0.3, 0.4) is 0 Å². The van der Waals surface area contributed by atoms with E-state index in [0.717, 1.165) is 0 Å². The van der Waals surface area contributed by atoms with Gasteiger partial charge in [-0.05, 0) is 19.3 Å². The molecule has 0 aromatic carbocycles. The highest BCUT2D eigenvalue weighted by molar-refractivity contribution is 5.85. The molecule has 0 aliphatic rings. The molecule has 1 unspecified atom stereocenters. The summed E-state index contributed by atoms with van der Waals surface area (Å²) in [6.45, 7) is 0.104. The van der Waals surface area contributed by atoms with Gasteiger partial charge in [-0.25, -0.2) is 0 Å². The van der Waals surface area contributed by atoms with E-state index in [1.807, 2.05) is 0 Å². The summed E-state index contributed by atoms with van der Waals surface area (Å²) in [6, 6.07) is -0.772. The Morgan fingerprint density at radius 1 is 1.45 bits per heavy atom. The van der Waals surface area contributed by atoms with E-state index in [2.05, 4.69) is 0 Å². The molecule has 0 bridgehead atoms. The third-order valence-corrected chi connectivity index (χ3v) is 1.24. The van der Waals surface area contributed by atoms with Crippen LogP contribution < -0.4 is 5.73 Å². The SMILES string of the molecule is Cl.NC(CCCCO)C(=O)O. The second kappa shape index (κ2) is 7.78. The van der Waals surface area contributed by atoms with Crippen molar-refractivity contribution in [2.75, 3.05) is 6.61 Å². The standard InChI is InChI=1S/C6H13NO3.ClH/c7-5(6(9)10)3-1-2-4-8;/h5,8H,1-4,7H2,(H,9,10);1H. The van der Waals surface area contributed by atoms with Crippen molar-refractivity contribution in [2.24, 2.45) is 5.73 Å². The minimum absolute atomic E-state index is 0. The first-order valence-corrected chi connectivity index (χ1v) is 3.27. The summed E-state index contributed by atoms with van der Waals surface area (Å²) in [5.41, 5.74) is 5.18. The van der Waals surface area contributed by atoms with E-state index in [1.165, 1.54) is 0 Å². The van der Waals surface area contributed by atoms with E-state index in [0.29, 0.717) is 19.3 Å². The van der Waals surface area contributed by atoms with E-state index in [1.54, 1.807) is 0 Å². The van der Waals surface area contributed by atoms with Gasteiger partial charge < -0.3 is 15.9 Å². The number of carboxylic acids is 1. The molecule has 68 valence electrons. The molecule has 0 spiro atoms. The Labute approximate surface area is 71.8 Å². The Balaban J connectivity index is 0. The maximum Gasteiger partial charge on any atom is 0.320 e. The molecule has 0 saturated heterocycles. The first-order valence-electron chi connectivity index (χ1n) is 3.27. The van der Waals surface area contributed by atoms with Crippen molar-refractivity contribution in [3.8, 4) is 0 Å². The first-order chi connectivity index (χ1) is 4.68. The fraction of sp³-hybridized carbons (Fsp3) is 0.833. The van der Waals surface area contributed by atoms with Crippen molar-refractivity contribution in [3.05, 3.63) is 0 Å². The Kier molecular flexibility index (Phi) is 9.40. The van der Waals surface area contributed by atoms with E-state index >= 15 is 0 Å². The van der Waals surface area contributed by atoms with E-state index in [-0.39, 0.29) is 19.0 Å². The van der Waals surface area contributed by atoms with Gasteiger partial charge in [0.1, 0.15) is 6.04 Å². The van der Waals surface area contributed by atoms with Crippen LogP contribution in [0.1, 0.15) is 19.3 Å². The predicted molar refractivity (Wildman–Crippen MR) is 43.8 cm³/mol. The average molecular weight is 184 g/mol. The van der Waals surface area contributed by atoms with Crippen molar-refractivity contribution in [1.29, 1.82) is 0 Å². The van der Waals surface area contributed by atoms with Crippen molar-refractivity contribution >= 4 is 18.4 Å². The van der Waals surface area contributed by atoms with Crippen molar-refractivity contribution in [1.82, 2.24) is 0 Å². The minimum Gasteiger partial charge on any atom is -0.480 e. The summed E-state index contributed by atoms with van der Waals surface area (Å²) in [7, 11) is 0. The first kappa shape index (κ1) is 13.3. The summed E-state index contributed by atoms with van der Waals surface area (Å²) in [5.74, 6) is -0.974. The van der Waals surface area contributed by atoms with Gasteiger partial charge in [-0.3, -0.25) is 4.79 Å².